The molecule has 0 spiro atoms. The molecule has 0 bridgehead atoms. The highest BCUT2D eigenvalue weighted by molar-refractivity contribution is 5.56. The predicted octanol–water partition coefficient (Wildman–Crippen LogP) is 5.30. The van der Waals surface area contributed by atoms with Gasteiger partial charge in [0.2, 0.25) is 0 Å². The summed E-state index contributed by atoms with van der Waals surface area (Å²) in [5.74, 6) is 0. The quantitative estimate of drug-likeness (QED) is 0.471. The maximum atomic E-state index is 4.98. The molecule has 5 nitrogen and oxygen atoms in total. The number of piperazine rings is 1. The van der Waals surface area contributed by atoms with Gasteiger partial charge in [0.25, 0.3) is 0 Å². The molecule has 2 unspecified atom stereocenters. The maximum Gasteiger partial charge on any atom is 0.0798 e. The van der Waals surface area contributed by atoms with Gasteiger partial charge in [-0.3, -0.25) is 4.90 Å². The first-order valence-corrected chi connectivity index (χ1v) is 12.9. The summed E-state index contributed by atoms with van der Waals surface area (Å²) in [6, 6.07) is 20.1. The van der Waals surface area contributed by atoms with Gasteiger partial charge in [0.1, 0.15) is 0 Å². The average molecular weight is 460 g/mol. The Hall–Kier alpha value is -2.63. The summed E-state index contributed by atoms with van der Waals surface area (Å²) < 4.78 is 2.12. The van der Waals surface area contributed by atoms with Crippen molar-refractivity contribution in [2.24, 2.45) is 0 Å². The number of aryl methyl sites for hydroxylation is 2. The fraction of sp³-hybridized carbons (Fsp3) is 0.483. The molecule has 1 aliphatic rings. The van der Waals surface area contributed by atoms with Crippen LogP contribution in [0.3, 0.4) is 0 Å². The summed E-state index contributed by atoms with van der Waals surface area (Å²) >= 11 is 0. The van der Waals surface area contributed by atoms with E-state index in [1.807, 2.05) is 0 Å². The molecule has 2 heterocycles. The van der Waals surface area contributed by atoms with Crippen LogP contribution in [0.4, 0.5) is 5.69 Å². The number of para-hydroxylation sites is 1. The van der Waals surface area contributed by atoms with Gasteiger partial charge in [0, 0.05) is 56.2 Å². The lowest BCUT2D eigenvalue weighted by Gasteiger charge is -2.40. The van der Waals surface area contributed by atoms with Crippen LogP contribution in [0.2, 0.25) is 0 Å². The smallest absolute Gasteiger partial charge is 0.0798 e. The molecule has 1 N–H and O–H groups in total. The summed E-state index contributed by atoms with van der Waals surface area (Å²) in [4.78, 5) is 5.17. The Morgan fingerprint density at radius 1 is 0.941 bits per heavy atom. The standard InChI is InChI=1S/C29H41N5/c1-6-11-27-20-28(31-34(27)26-13-8-7-9-14-26)25(5)30-21-23(3)32-16-18-33(19-17-32)29-15-10-12-22(2)24(29)4/h7-10,12-15,20,23,25,30H,6,11,16-19,21H2,1-5H3. The predicted molar refractivity (Wildman–Crippen MR) is 143 cm³/mol. The molecule has 182 valence electrons. The van der Waals surface area contributed by atoms with Gasteiger partial charge in [-0.25, -0.2) is 4.68 Å². The highest BCUT2D eigenvalue weighted by Crippen LogP contribution is 2.24. The van der Waals surface area contributed by atoms with Gasteiger partial charge in [-0.1, -0.05) is 43.7 Å². The minimum Gasteiger partial charge on any atom is -0.369 e. The van der Waals surface area contributed by atoms with Crippen molar-refractivity contribution in [3.63, 3.8) is 0 Å². The second kappa shape index (κ2) is 11.2. The molecular formula is C29H41N5. The van der Waals surface area contributed by atoms with E-state index in [0.717, 1.165) is 56.9 Å². The molecule has 0 amide bonds. The third-order valence-corrected chi connectivity index (χ3v) is 7.33. The number of aromatic nitrogens is 2. The number of nitrogens with zero attached hydrogens (tertiary/aromatic N) is 4. The summed E-state index contributed by atoms with van der Waals surface area (Å²) in [6.45, 7) is 16.6. The highest BCUT2D eigenvalue weighted by Gasteiger charge is 2.23. The molecule has 2 atom stereocenters. The lowest BCUT2D eigenvalue weighted by atomic mass is 10.1. The lowest BCUT2D eigenvalue weighted by molar-refractivity contribution is 0.190. The first-order valence-electron chi connectivity index (χ1n) is 12.9. The molecule has 3 aromatic rings. The molecule has 0 aliphatic carbocycles. The summed E-state index contributed by atoms with van der Waals surface area (Å²) in [5.41, 5.74) is 7.74. The lowest BCUT2D eigenvalue weighted by Crippen LogP contribution is -2.52. The minimum absolute atomic E-state index is 0.222. The summed E-state index contributed by atoms with van der Waals surface area (Å²) in [7, 11) is 0. The Labute approximate surface area is 205 Å². The van der Waals surface area contributed by atoms with Crippen molar-refractivity contribution in [1.82, 2.24) is 20.0 Å². The monoisotopic (exact) mass is 459 g/mol. The Morgan fingerprint density at radius 2 is 1.68 bits per heavy atom. The number of hydrogen-bond donors (Lipinski definition) is 1. The van der Waals surface area contributed by atoms with E-state index in [1.54, 1.807) is 0 Å². The Bertz CT molecular complexity index is 1050. The largest absolute Gasteiger partial charge is 0.369 e. The van der Waals surface area contributed by atoms with Gasteiger partial charge in [-0.15, -0.1) is 0 Å². The molecule has 0 saturated carbocycles. The topological polar surface area (TPSA) is 36.3 Å². The maximum absolute atomic E-state index is 4.98. The molecule has 2 aromatic carbocycles. The number of benzene rings is 2. The Balaban J connectivity index is 1.33. The van der Waals surface area contributed by atoms with Gasteiger partial charge < -0.3 is 10.2 Å². The van der Waals surface area contributed by atoms with E-state index in [4.69, 9.17) is 5.10 Å². The molecule has 34 heavy (non-hydrogen) atoms. The van der Waals surface area contributed by atoms with E-state index in [9.17, 15) is 0 Å². The number of nitrogens with one attached hydrogen (secondary N) is 1. The van der Waals surface area contributed by atoms with Gasteiger partial charge in [0.15, 0.2) is 0 Å². The Morgan fingerprint density at radius 3 is 2.38 bits per heavy atom. The molecular weight excluding hydrogens is 418 g/mol. The highest BCUT2D eigenvalue weighted by atomic mass is 15.3. The molecule has 5 heteroatoms. The summed E-state index contributed by atoms with van der Waals surface area (Å²) in [5, 5.41) is 8.74. The van der Waals surface area contributed by atoms with Crippen molar-refractivity contribution < 1.29 is 0 Å². The van der Waals surface area contributed by atoms with Crippen molar-refractivity contribution in [3.8, 4) is 5.69 Å². The second-order valence-electron chi connectivity index (χ2n) is 9.78. The van der Waals surface area contributed by atoms with Crippen LogP contribution in [0.15, 0.2) is 54.6 Å². The first kappa shape index (κ1) is 24.5. The molecule has 0 radical (unpaired) electrons. The van der Waals surface area contributed by atoms with Crippen LogP contribution in [-0.2, 0) is 6.42 Å². The fourth-order valence-corrected chi connectivity index (χ4v) is 4.94. The van der Waals surface area contributed by atoms with E-state index < -0.39 is 0 Å². The number of hydrogen-bond acceptors (Lipinski definition) is 4. The third kappa shape index (κ3) is 5.53. The zero-order chi connectivity index (χ0) is 24.1. The van der Waals surface area contributed by atoms with E-state index in [-0.39, 0.29) is 6.04 Å². The fourth-order valence-electron chi connectivity index (χ4n) is 4.94. The number of anilines is 1. The van der Waals surface area contributed by atoms with Crippen LogP contribution in [0.25, 0.3) is 5.69 Å². The van der Waals surface area contributed by atoms with E-state index in [2.05, 4.69) is 109 Å². The van der Waals surface area contributed by atoms with Gasteiger partial charge >= 0.3 is 0 Å². The van der Waals surface area contributed by atoms with Crippen molar-refractivity contribution in [3.05, 3.63) is 77.1 Å². The van der Waals surface area contributed by atoms with Gasteiger partial charge in [-0.05, 0) is 69.5 Å². The summed E-state index contributed by atoms with van der Waals surface area (Å²) in [6.07, 6.45) is 2.15. The van der Waals surface area contributed by atoms with Crippen molar-refractivity contribution in [2.45, 2.75) is 59.5 Å². The van der Waals surface area contributed by atoms with Crippen LogP contribution >= 0.6 is 0 Å². The third-order valence-electron chi connectivity index (χ3n) is 7.33. The SMILES string of the molecule is CCCc1cc(C(C)NCC(C)N2CCN(c3cccc(C)c3C)CC2)nn1-c1ccccc1. The van der Waals surface area contributed by atoms with Crippen molar-refractivity contribution in [1.29, 1.82) is 0 Å². The second-order valence-corrected chi connectivity index (χ2v) is 9.78. The van der Waals surface area contributed by atoms with E-state index in [0.29, 0.717) is 6.04 Å². The van der Waals surface area contributed by atoms with Crippen LogP contribution in [0, 0.1) is 13.8 Å². The molecule has 1 saturated heterocycles. The molecule has 4 rings (SSSR count). The van der Waals surface area contributed by atoms with E-state index >= 15 is 0 Å². The van der Waals surface area contributed by atoms with Crippen LogP contribution < -0.4 is 10.2 Å². The Kier molecular flexibility index (Phi) is 8.07. The number of rotatable bonds is 9. The average Bonchev–Trinajstić information content (AvgIpc) is 3.29. The van der Waals surface area contributed by atoms with Crippen LogP contribution in [-0.4, -0.2) is 53.4 Å². The van der Waals surface area contributed by atoms with Crippen LogP contribution in [0.5, 0.6) is 0 Å². The molecule has 1 aliphatic heterocycles. The zero-order valence-electron chi connectivity index (χ0n) is 21.6. The van der Waals surface area contributed by atoms with Crippen molar-refractivity contribution in [2.75, 3.05) is 37.6 Å². The van der Waals surface area contributed by atoms with Crippen LogP contribution in [0.1, 0.15) is 55.7 Å². The molecule has 1 fully saturated rings. The molecule has 1 aromatic heterocycles. The van der Waals surface area contributed by atoms with Gasteiger partial charge in [0.05, 0.1) is 11.4 Å². The minimum atomic E-state index is 0.222. The van der Waals surface area contributed by atoms with E-state index in [1.165, 1.54) is 22.5 Å². The van der Waals surface area contributed by atoms with Gasteiger partial charge in [-0.2, -0.15) is 5.10 Å². The van der Waals surface area contributed by atoms with Crippen molar-refractivity contribution >= 4 is 5.69 Å². The first-order chi connectivity index (χ1) is 16.5. The zero-order valence-corrected chi connectivity index (χ0v) is 21.6. The normalized spacial score (nSPS) is 16.6.